The van der Waals surface area contributed by atoms with Crippen molar-refractivity contribution in [3.8, 4) is 0 Å². The molecule has 0 radical (unpaired) electrons. The number of allylic oxidation sites excluding steroid dienone is 2. The normalized spacial score (nSPS) is 24.0. The average molecular weight is 464 g/mol. The van der Waals surface area contributed by atoms with Gasteiger partial charge in [-0.05, 0) is 70.1 Å². The summed E-state index contributed by atoms with van der Waals surface area (Å²) >= 11 is 0. The molecule has 4 N–H and O–H groups in total. The molecule has 2 atom stereocenters. The maximum Gasteiger partial charge on any atom is 0.251 e. The lowest BCUT2D eigenvalue weighted by atomic mass is 9.90. The van der Waals surface area contributed by atoms with E-state index in [0.29, 0.717) is 24.0 Å². The van der Waals surface area contributed by atoms with Gasteiger partial charge in [-0.3, -0.25) is 9.59 Å². The fraction of sp³-hybridized carbons (Fsp3) is 0.593. The van der Waals surface area contributed by atoms with Crippen molar-refractivity contribution in [1.82, 2.24) is 20.6 Å². The number of carbonyl (C=O) groups excluding carboxylic acids is 1. The van der Waals surface area contributed by atoms with Gasteiger partial charge in [0.1, 0.15) is 0 Å². The number of amides is 1. The van der Waals surface area contributed by atoms with Crippen LogP contribution in [0.25, 0.3) is 16.5 Å². The van der Waals surface area contributed by atoms with Crippen LogP contribution in [0.2, 0.25) is 0 Å². The summed E-state index contributed by atoms with van der Waals surface area (Å²) in [6, 6.07) is 2.25. The highest BCUT2D eigenvalue weighted by Gasteiger charge is 2.33. The topological polar surface area (TPSA) is 98.9 Å². The van der Waals surface area contributed by atoms with Crippen molar-refractivity contribution in [2.24, 2.45) is 5.92 Å². The number of rotatable bonds is 5. The number of aryl methyl sites for hydroxylation is 1. The number of H-pyrrole nitrogens is 1. The third-order valence-corrected chi connectivity index (χ3v) is 7.81. The summed E-state index contributed by atoms with van der Waals surface area (Å²) in [6.45, 7) is 3.35. The minimum Gasteiger partial charge on any atom is -0.365 e. The minimum absolute atomic E-state index is 0.0370. The fourth-order valence-electron chi connectivity index (χ4n) is 5.78. The maximum atomic E-state index is 13.2. The molecule has 34 heavy (non-hydrogen) atoms. The standard InChI is InChI=1S/C27H37N5O2/c1-17-14-20-21(18-8-4-2-5-9-18)16-29-25(24(20)32-26(17)33)31-23-12-13-28-15-22(23)27(34)30-19-10-6-3-7-11-19/h8,14,16,19,22-23,28H,2-7,9-13,15H2,1H3,(H,29,31)(H,30,34)(H,32,33)/t22-,23-/m1/s1. The lowest BCUT2D eigenvalue weighted by molar-refractivity contribution is -0.126. The van der Waals surface area contributed by atoms with Crippen LogP contribution in [0.5, 0.6) is 0 Å². The predicted molar refractivity (Wildman–Crippen MR) is 137 cm³/mol. The predicted octanol–water partition coefficient (Wildman–Crippen LogP) is 4.03. The molecule has 2 aromatic heterocycles. The summed E-state index contributed by atoms with van der Waals surface area (Å²) in [5, 5.41) is 11.3. The lowest BCUT2D eigenvalue weighted by Gasteiger charge is -2.34. The Bertz CT molecular complexity index is 1130. The van der Waals surface area contributed by atoms with Gasteiger partial charge in [0.2, 0.25) is 5.91 Å². The van der Waals surface area contributed by atoms with Crippen LogP contribution < -0.4 is 21.5 Å². The summed E-state index contributed by atoms with van der Waals surface area (Å²) in [7, 11) is 0. The van der Waals surface area contributed by atoms with E-state index in [1.54, 1.807) is 0 Å². The van der Waals surface area contributed by atoms with Crippen LogP contribution in [-0.4, -0.2) is 41.0 Å². The molecular formula is C27H37N5O2. The summed E-state index contributed by atoms with van der Waals surface area (Å²) in [5.74, 6) is 0.606. The lowest BCUT2D eigenvalue weighted by Crippen LogP contribution is -2.53. The largest absolute Gasteiger partial charge is 0.365 e. The number of aromatic nitrogens is 2. The monoisotopic (exact) mass is 463 g/mol. The fourth-order valence-corrected chi connectivity index (χ4v) is 5.78. The first-order valence-electron chi connectivity index (χ1n) is 13.1. The van der Waals surface area contributed by atoms with Gasteiger partial charge in [-0.25, -0.2) is 4.98 Å². The zero-order chi connectivity index (χ0) is 23.5. The highest BCUT2D eigenvalue weighted by atomic mass is 16.2. The highest BCUT2D eigenvalue weighted by molar-refractivity contribution is 5.97. The second kappa shape index (κ2) is 10.3. The Morgan fingerprint density at radius 2 is 1.97 bits per heavy atom. The van der Waals surface area contributed by atoms with Crippen molar-refractivity contribution in [3.63, 3.8) is 0 Å². The molecule has 1 amide bonds. The van der Waals surface area contributed by atoms with E-state index in [9.17, 15) is 9.59 Å². The number of hydrogen-bond donors (Lipinski definition) is 4. The van der Waals surface area contributed by atoms with Gasteiger partial charge in [0.25, 0.3) is 5.56 Å². The van der Waals surface area contributed by atoms with Gasteiger partial charge >= 0.3 is 0 Å². The average Bonchev–Trinajstić information content (AvgIpc) is 2.86. The maximum absolute atomic E-state index is 13.2. The van der Waals surface area contributed by atoms with Crippen molar-refractivity contribution in [3.05, 3.63) is 39.8 Å². The Hall–Kier alpha value is -2.67. The molecule has 0 unspecified atom stereocenters. The van der Waals surface area contributed by atoms with Crippen LogP contribution in [0.1, 0.15) is 75.3 Å². The number of nitrogens with one attached hydrogen (secondary N) is 4. The molecule has 1 aliphatic heterocycles. The number of fused-ring (bicyclic) bond motifs is 1. The van der Waals surface area contributed by atoms with Crippen molar-refractivity contribution >= 4 is 28.2 Å². The Kier molecular flexibility index (Phi) is 6.99. The molecular weight excluding hydrogens is 426 g/mol. The number of nitrogens with zero attached hydrogens (tertiary/aromatic N) is 1. The van der Waals surface area contributed by atoms with Crippen LogP contribution in [0.15, 0.2) is 23.1 Å². The molecule has 2 fully saturated rings. The van der Waals surface area contributed by atoms with E-state index in [1.807, 2.05) is 19.2 Å². The van der Waals surface area contributed by atoms with Crippen LogP contribution in [-0.2, 0) is 4.79 Å². The second-order valence-corrected chi connectivity index (χ2v) is 10.3. The van der Waals surface area contributed by atoms with Gasteiger partial charge in [-0.15, -0.1) is 0 Å². The molecule has 7 nitrogen and oxygen atoms in total. The van der Waals surface area contributed by atoms with Crippen LogP contribution in [0.3, 0.4) is 0 Å². The Morgan fingerprint density at radius 3 is 2.76 bits per heavy atom. The molecule has 7 heteroatoms. The Morgan fingerprint density at radius 1 is 1.12 bits per heavy atom. The van der Waals surface area contributed by atoms with E-state index in [0.717, 1.165) is 55.1 Å². The van der Waals surface area contributed by atoms with Crippen molar-refractivity contribution < 1.29 is 4.79 Å². The Balaban J connectivity index is 1.43. The summed E-state index contributed by atoms with van der Waals surface area (Å²) in [5.41, 5.74) is 3.77. The quantitative estimate of drug-likeness (QED) is 0.537. The molecule has 0 aromatic carbocycles. The molecule has 2 aliphatic carbocycles. The van der Waals surface area contributed by atoms with Crippen molar-refractivity contribution in [2.45, 2.75) is 83.2 Å². The number of anilines is 1. The van der Waals surface area contributed by atoms with E-state index in [1.165, 1.54) is 37.7 Å². The van der Waals surface area contributed by atoms with E-state index in [2.05, 4.69) is 27.0 Å². The zero-order valence-electron chi connectivity index (χ0n) is 20.2. The van der Waals surface area contributed by atoms with E-state index in [-0.39, 0.29) is 23.4 Å². The van der Waals surface area contributed by atoms with Gasteiger partial charge < -0.3 is 20.9 Å². The Labute approximate surface area is 201 Å². The first-order chi connectivity index (χ1) is 16.6. The molecule has 0 spiro atoms. The van der Waals surface area contributed by atoms with Gasteiger partial charge in [0, 0.05) is 41.3 Å². The summed E-state index contributed by atoms with van der Waals surface area (Å²) in [6.07, 6.45) is 15.4. The molecule has 3 aliphatic rings. The minimum atomic E-state index is -0.176. The van der Waals surface area contributed by atoms with Gasteiger partial charge in [-0.2, -0.15) is 0 Å². The SMILES string of the molecule is Cc1cc2c(C3=CCCCC3)cnc(N[C@@H]3CCNC[C@H]3C(=O)NC3CCCCC3)c2[nH]c1=O. The van der Waals surface area contributed by atoms with Gasteiger partial charge in [0.05, 0.1) is 11.4 Å². The molecule has 1 saturated carbocycles. The van der Waals surface area contributed by atoms with Crippen LogP contribution in [0, 0.1) is 12.8 Å². The van der Waals surface area contributed by atoms with Crippen molar-refractivity contribution in [1.29, 1.82) is 0 Å². The number of aromatic amines is 1. The van der Waals surface area contributed by atoms with E-state index in [4.69, 9.17) is 4.98 Å². The number of piperidine rings is 1. The molecule has 5 rings (SSSR count). The molecule has 182 valence electrons. The number of carbonyl (C=O) groups is 1. The number of hydrogen-bond acceptors (Lipinski definition) is 5. The number of pyridine rings is 2. The van der Waals surface area contributed by atoms with E-state index >= 15 is 0 Å². The highest BCUT2D eigenvalue weighted by Crippen LogP contribution is 2.33. The molecule has 3 heterocycles. The molecule has 2 aromatic rings. The first-order valence-corrected chi connectivity index (χ1v) is 13.1. The molecule has 0 bridgehead atoms. The van der Waals surface area contributed by atoms with E-state index < -0.39 is 0 Å². The van der Waals surface area contributed by atoms with Gasteiger partial charge in [0.15, 0.2) is 5.82 Å². The summed E-state index contributed by atoms with van der Waals surface area (Å²) in [4.78, 5) is 33.6. The second-order valence-electron chi connectivity index (χ2n) is 10.3. The van der Waals surface area contributed by atoms with Crippen LogP contribution >= 0.6 is 0 Å². The first kappa shape index (κ1) is 23.1. The third-order valence-electron chi connectivity index (χ3n) is 7.81. The van der Waals surface area contributed by atoms with Crippen molar-refractivity contribution in [2.75, 3.05) is 18.4 Å². The smallest absolute Gasteiger partial charge is 0.251 e. The zero-order valence-corrected chi connectivity index (χ0v) is 20.2. The summed E-state index contributed by atoms with van der Waals surface area (Å²) < 4.78 is 0. The third kappa shape index (κ3) is 4.90. The molecule has 1 saturated heterocycles. The van der Waals surface area contributed by atoms with Gasteiger partial charge in [-0.1, -0.05) is 25.3 Å². The van der Waals surface area contributed by atoms with Crippen LogP contribution in [0.4, 0.5) is 5.82 Å².